The molecule has 2 aromatic carbocycles. The lowest BCUT2D eigenvalue weighted by atomic mass is 9.99. The summed E-state index contributed by atoms with van der Waals surface area (Å²) >= 11 is 5.99. The highest BCUT2D eigenvalue weighted by atomic mass is 35.5. The number of halogens is 3. The van der Waals surface area contributed by atoms with Gasteiger partial charge in [0.25, 0.3) is 0 Å². The zero-order chi connectivity index (χ0) is 18.0. The van der Waals surface area contributed by atoms with Crippen LogP contribution in [-0.4, -0.2) is 29.5 Å². The number of nitrogens with one attached hydrogen (secondary N) is 1. The molecule has 0 radical (unpaired) electrons. The van der Waals surface area contributed by atoms with E-state index in [2.05, 4.69) is 15.5 Å². The fourth-order valence-electron chi connectivity index (χ4n) is 2.53. The third-order valence-corrected chi connectivity index (χ3v) is 3.79. The van der Waals surface area contributed by atoms with Gasteiger partial charge in [0.05, 0.1) is 11.3 Å². The highest BCUT2D eigenvalue weighted by Crippen LogP contribution is 2.29. The van der Waals surface area contributed by atoms with Gasteiger partial charge in [0, 0.05) is 5.02 Å². The molecule has 1 heterocycles. The zero-order valence-corrected chi connectivity index (χ0v) is 13.4. The number of fused-ring (bicyclic) bond motifs is 1. The topological polar surface area (TPSA) is 79.9 Å². The van der Waals surface area contributed by atoms with Crippen molar-refractivity contribution in [3.05, 3.63) is 74.3 Å². The van der Waals surface area contributed by atoms with E-state index in [1.54, 1.807) is 0 Å². The number of aliphatic imine (C=N–C) groups is 1. The Morgan fingerprint density at radius 1 is 1.28 bits per heavy atom. The van der Waals surface area contributed by atoms with Crippen LogP contribution in [-0.2, 0) is 0 Å². The van der Waals surface area contributed by atoms with E-state index in [-0.39, 0.29) is 41.0 Å². The van der Waals surface area contributed by atoms with Gasteiger partial charge in [0.1, 0.15) is 17.2 Å². The molecule has 1 aliphatic rings. The standard InChI is InChI=1S/C16H11ClF2N4O2/c17-9-4-5-13-10(6-9)16(15-11(18)2-1-3-12(15)19)23(25)7-14(22-13)20-8-21-24/h1-6H,7-8H2,(H,20,22). The van der Waals surface area contributed by atoms with Gasteiger partial charge in [-0.05, 0) is 35.5 Å². The molecule has 0 aliphatic carbocycles. The molecule has 2 aromatic rings. The molecular weight excluding hydrogens is 354 g/mol. The van der Waals surface area contributed by atoms with Crippen LogP contribution in [0.15, 0.2) is 46.6 Å². The largest absolute Gasteiger partial charge is 0.623 e. The number of rotatable bonds is 3. The van der Waals surface area contributed by atoms with Crippen LogP contribution in [0.3, 0.4) is 0 Å². The molecular formula is C16H11ClF2N4O2. The van der Waals surface area contributed by atoms with Crippen LogP contribution in [0.25, 0.3) is 0 Å². The molecule has 0 aromatic heterocycles. The summed E-state index contributed by atoms with van der Waals surface area (Å²) in [5, 5.41) is 18.2. The summed E-state index contributed by atoms with van der Waals surface area (Å²) in [6.45, 7) is -0.635. The molecule has 0 unspecified atom stereocenters. The summed E-state index contributed by atoms with van der Waals surface area (Å²) in [7, 11) is 0. The third kappa shape index (κ3) is 3.34. The first-order valence-corrected chi connectivity index (χ1v) is 7.55. The molecule has 1 aliphatic heterocycles. The summed E-state index contributed by atoms with van der Waals surface area (Å²) in [6, 6.07) is 7.79. The predicted octanol–water partition coefficient (Wildman–Crippen LogP) is 3.32. The Labute approximate surface area is 146 Å². The van der Waals surface area contributed by atoms with E-state index >= 15 is 0 Å². The maximum Gasteiger partial charge on any atom is 0.234 e. The summed E-state index contributed by atoms with van der Waals surface area (Å²) in [6.07, 6.45) is 0. The minimum absolute atomic E-state index is 0.143. The average Bonchev–Trinajstić information content (AvgIpc) is 2.70. The van der Waals surface area contributed by atoms with Crippen molar-refractivity contribution in [3.8, 4) is 0 Å². The Kier molecular flexibility index (Phi) is 4.71. The van der Waals surface area contributed by atoms with Gasteiger partial charge in [-0.15, -0.1) is 4.91 Å². The number of hydrogen-bond donors (Lipinski definition) is 1. The minimum Gasteiger partial charge on any atom is -0.623 e. The predicted molar refractivity (Wildman–Crippen MR) is 90.4 cm³/mol. The highest BCUT2D eigenvalue weighted by Gasteiger charge is 2.29. The van der Waals surface area contributed by atoms with Gasteiger partial charge in [-0.1, -0.05) is 17.7 Å². The molecule has 0 amide bonds. The molecule has 0 bridgehead atoms. The second-order valence-corrected chi connectivity index (χ2v) is 5.60. The van der Waals surface area contributed by atoms with Crippen molar-refractivity contribution in [3.63, 3.8) is 0 Å². The van der Waals surface area contributed by atoms with Crippen LogP contribution in [0.2, 0.25) is 5.02 Å². The summed E-state index contributed by atoms with van der Waals surface area (Å²) in [5.74, 6) is -1.62. The normalized spacial score (nSPS) is 13.8. The van der Waals surface area contributed by atoms with Crippen LogP contribution in [0, 0.1) is 21.7 Å². The Bertz CT molecular complexity index is 895. The maximum atomic E-state index is 14.3. The van der Waals surface area contributed by atoms with Gasteiger partial charge in [-0.2, -0.15) is 4.74 Å². The molecule has 3 rings (SSSR count). The van der Waals surface area contributed by atoms with Gasteiger partial charge in [0.2, 0.25) is 12.3 Å². The Morgan fingerprint density at radius 2 is 2.00 bits per heavy atom. The third-order valence-electron chi connectivity index (χ3n) is 3.56. The second-order valence-electron chi connectivity index (χ2n) is 5.17. The number of amidine groups is 1. The van der Waals surface area contributed by atoms with Gasteiger partial charge in [-0.25, -0.2) is 13.8 Å². The molecule has 128 valence electrons. The van der Waals surface area contributed by atoms with E-state index in [0.717, 1.165) is 12.1 Å². The molecule has 0 saturated carbocycles. The zero-order valence-electron chi connectivity index (χ0n) is 12.7. The van der Waals surface area contributed by atoms with Crippen LogP contribution in [0.5, 0.6) is 0 Å². The lowest BCUT2D eigenvalue weighted by molar-refractivity contribution is -0.439. The quantitative estimate of drug-likeness (QED) is 0.515. The van der Waals surface area contributed by atoms with Crippen molar-refractivity contribution in [1.29, 1.82) is 0 Å². The van der Waals surface area contributed by atoms with Gasteiger partial charge >= 0.3 is 0 Å². The Hall–Kier alpha value is -2.87. The lowest BCUT2D eigenvalue weighted by Gasteiger charge is -2.12. The van der Waals surface area contributed by atoms with E-state index < -0.39 is 17.2 Å². The average molecular weight is 365 g/mol. The molecule has 25 heavy (non-hydrogen) atoms. The van der Waals surface area contributed by atoms with Crippen LogP contribution < -0.4 is 5.32 Å². The molecule has 0 saturated heterocycles. The van der Waals surface area contributed by atoms with Gasteiger partial charge in [0.15, 0.2) is 12.5 Å². The number of nitroso groups, excluding NO2 is 1. The number of hydroxylamine groups is 1. The van der Waals surface area contributed by atoms with Crippen molar-refractivity contribution >= 4 is 28.8 Å². The van der Waals surface area contributed by atoms with E-state index in [4.69, 9.17) is 11.6 Å². The first-order chi connectivity index (χ1) is 12.0. The smallest absolute Gasteiger partial charge is 0.234 e. The molecule has 9 heteroatoms. The van der Waals surface area contributed by atoms with E-state index in [0.29, 0.717) is 4.74 Å². The Balaban J connectivity index is 2.26. The molecule has 1 N–H and O–H groups in total. The Morgan fingerprint density at radius 3 is 2.68 bits per heavy atom. The van der Waals surface area contributed by atoms with E-state index in [9.17, 15) is 18.9 Å². The first-order valence-electron chi connectivity index (χ1n) is 7.17. The van der Waals surface area contributed by atoms with Crippen LogP contribution in [0.1, 0.15) is 11.1 Å². The van der Waals surface area contributed by atoms with E-state index in [1.807, 2.05) is 0 Å². The molecule has 0 spiro atoms. The fourth-order valence-corrected chi connectivity index (χ4v) is 2.70. The second kappa shape index (κ2) is 6.94. The van der Waals surface area contributed by atoms with Crippen molar-refractivity contribution in [2.45, 2.75) is 0 Å². The maximum absolute atomic E-state index is 14.3. The number of nitrogens with zero attached hydrogens (tertiary/aromatic N) is 3. The molecule has 0 fully saturated rings. The minimum atomic E-state index is -0.882. The fraction of sp³-hybridized carbons (Fsp3) is 0.125. The summed E-state index contributed by atoms with van der Waals surface area (Å²) < 4.78 is 28.9. The van der Waals surface area contributed by atoms with Gasteiger partial charge in [-0.3, -0.25) is 0 Å². The van der Waals surface area contributed by atoms with Crippen LogP contribution >= 0.6 is 11.6 Å². The summed E-state index contributed by atoms with van der Waals surface area (Å²) in [5.41, 5.74) is -0.227. The monoisotopic (exact) mass is 364 g/mol. The van der Waals surface area contributed by atoms with Gasteiger partial charge < -0.3 is 10.5 Å². The first kappa shape index (κ1) is 17.0. The van der Waals surface area contributed by atoms with Crippen LogP contribution in [0.4, 0.5) is 14.5 Å². The van der Waals surface area contributed by atoms with E-state index in [1.165, 1.54) is 24.3 Å². The number of hydrogen-bond acceptors (Lipinski definition) is 5. The highest BCUT2D eigenvalue weighted by molar-refractivity contribution is 6.31. The van der Waals surface area contributed by atoms with Crippen molar-refractivity contribution < 1.29 is 13.5 Å². The summed E-state index contributed by atoms with van der Waals surface area (Å²) in [4.78, 5) is 14.5. The SMILES string of the molecule is O=NCNC1=Nc2ccc(Cl)cc2C(c2c(F)cccc2F)=[N+]([O-])C1. The van der Waals surface area contributed by atoms with Crippen molar-refractivity contribution in [2.24, 2.45) is 10.2 Å². The van der Waals surface area contributed by atoms with Crippen molar-refractivity contribution in [2.75, 3.05) is 13.2 Å². The lowest BCUT2D eigenvalue weighted by Crippen LogP contribution is -2.32. The number of benzene rings is 2. The van der Waals surface area contributed by atoms with Crippen molar-refractivity contribution in [1.82, 2.24) is 5.32 Å². The molecule has 6 nitrogen and oxygen atoms in total. The molecule has 0 atom stereocenters.